The van der Waals surface area contributed by atoms with Gasteiger partial charge in [-0.2, -0.15) is 0 Å². The first kappa shape index (κ1) is 20.6. The van der Waals surface area contributed by atoms with E-state index in [-0.39, 0.29) is 33.5 Å². The van der Waals surface area contributed by atoms with Gasteiger partial charge in [0.25, 0.3) is 21.6 Å². The molecule has 1 saturated heterocycles. The Hall–Kier alpha value is -3.14. The number of carbonyl (C=O) groups excluding carboxylic acids is 1. The maximum absolute atomic E-state index is 12.8. The molecule has 2 aromatic rings. The first-order chi connectivity index (χ1) is 13.7. The molecule has 1 fully saturated rings. The number of benzene rings is 2. The highest BCUT2D eigenvalue weighted by molar-refractivity contribution is 7.92. The molecule has 1 amide bonds. The van der Waals surface area contributed by atoms with E-state index in [1.807, 2.05) is 6.92 Å². The quantitative estimate of drug-likeness (QED) is 0.435. The maximum atomic E-state index is 12.8. The van der Waals surface area contributed by atoms with E-state index in [2.05, 4.69) is 4.72 Å². The topological polar surface area (TPSA) is 130 Å². The molecule has 0 bridgehead atoms. The molecule has 1 aliphatic rings. The molecule has 2 aromatic carbocycles. The lowest BCUT2D eigenvalue weighted by Gasteiger charge is -2.31. The predicted octanol–water partition coefficient (Wildman–Crippen LogP) is 2.97. The van der Waals surface area contributed by atoms with Crippen LogP contribution in [0.4, 0.5) is 11.4 Å². The number of hydrogen-bond donors (Lipinski definition) is 2. The first-order valence-corrected chi connectivity index (χ1v) is 10.6. The standard InChI is InChI=1S/C19H21N3O6S/c1-13-4-3-9-21(12-13)19(24)17-10-14(7-8-18(17)23)20-29(27,28)16-6-2-5-15(11-16)22(25)26/h2,5-8,10-11,13,20,23H,3-4,9,12H2,1H3/t13-/m0/s1. The second-order valence-electron chi connectivity index (χ2n) is 7.09. The van der Waals surface area contributed by atoms with Gasteiger partial charge in [0, 0.05) is 30.9 Å². The summed E-state index contributed by atoms with van der Waals surface area (Å²) in [5.41, 5.74) is -0.283. The van der Waals surface area contributed by atoms with E-state index in [0.29, 0.717) is 19.0 Å². The highest BCUT2D eigenvalue weighted by Crippen LogP contribution is 2.27. The van der Waals surface area contributed by atoms with E-state index < -0.39 is 14.9 Å². The minimum atomic E-state index is -4.12. The Morgan fingerprint density at radius 3 is 2.72 bits per heavy atom. The second-order valence-corrected chi connectivity index (χ2v) is 8.77. The van der Waals surface area contributed by atoms with E-state index in [4.69, 9.17) is 0 Å². The van der Waals surface area contributed by atoms with Gasteiger partial charge in [0.15, 0.2) is 0 Å². The maximum Gasteiger partial charge on any atom is 0.270 e. The largest absolute Gasteiger partial charge is 0.507 e. The van der Waals surface area contributed by atoms with Crippen LogP contribution in [0, 0.1) is 16.0 Å². The summed E-state index contributed by atoms with van der Waals surface area (Å²) in [6.45, 7) is 3.19. The third-order valence-corrected chi connectivity index (χ3v) is 6.14. The van der Waals surface area contributed by atoms with Crippen LogP contribution in [0.3, 0.4) is 0 Å². The summed E-state index contributed by atoms with van der Waals surface area (Å²) < 4.78 is 27.5. The van der Waals surface area contributed by atoms with Crippen LogP contribution >= 0.6 is 0 Å². The van der Waals surface area contributed by atoms with Crippen molar-refractivity contribution in [1.82, 2.24) is 4.90 Å². The number of anilines is 1. The number of nitrogens with zero attached hydrogens (tertiary/aromatic N) is 2. The van der Waals surface area contributed by atoms with Crippen LogP contribution < -0.4 is 4.72 Å². The number of nitro groups is 1. The fourth-order valence-electron chi connectivity index (χ4n) is 3.29. The van der Waals surface area contributed by atoms with Crippen LogP contribution in [0.25, 0.3) is 0 Å². The minimum absolute atomic E-state index is 0.00153. The van der Waals surface area contributed by atoms with Gasteiger partial charge in [-0.1, -0.05) is 13.0 Å². The van der Waals surface area contributed by atoms with Crippen molar-refractivity contribution in [3.05, 3.63) is 58.1 Å². The van der Waals surface area contributed by atoms with Gasteiger partial charge in [-0.15, -0.1) is 0 Å². The second kappa shape index (κ2) is 8.08. The number of piperidine rings is 1. The summed E-state index contributed by atoms with van der Waals surface area (Å²) in [5.74, 6) is -0.262. The monoisotopic (exact) mass is 419 g/mol. The molecule has 154 valence electrons. The van der Waals surface area contributed by atoms with Crippen LogP contribution in [0.5, 0.6) is 5.75 Å². The van der Waals surface area contributed by atoms with Crippen molar-refractivity contribution in [2.75, 3.05) is 17.8 Å². The van der Waals surface area contributed by atoms with E-state index in [0.717, 1.165) is 18.9 Å². The number of nitrogens with one attached hydrogen (secondary N) is 1. The van der Waals surface area contributed by atoms with E-state index >= 15 is 0 Å². The number of hydrogen-bond acceptors (Lipinski definition) is 6. The molecule has 0 radical (unpaired) electrons. The molecule has 2 N–H and O–H groups in total. The minimum Gasteiger partial charge on any atom is -0.507 e. The normalized spacial score (nSPS) is 17.0. The number of likely N-dealkylation sites (tertiary alicyclic amines) is 1. The third kappa shape index (κ3) is 4.65. The van der Waals surface area contributed by atoms with Crippen LogP contribution in [-0.4, -0.2) is 42.3 Å². The number of carbonyl (C=O) groups is 1. The first-order valence-electron chi connectivity index (χ1n) is 9.07. The van der Waals surface area contributed by atoms with E-state index in [1.54, 1.807) is 4.90 Å². The molecule has 0 spiro atoms. The number of phenols is 1. The van der Waals surface area contributed by atoms with Crippen molar-refractivity contribution < 1.29 is 23.2 Å². The molecule has 1 aliphatic heterocycles. The lowest BCUT2D eigenvalue weighted by molar-refractivity contribution is -0.385. The van der Waals surface area contributed by atoms with E-state index in [9.17, 15) is 28.4 Å². The molecule has 0 unspecified atom stereocenters. The third-order valence-electron chi connectivity index (χ3n) is 4.76. The summed E-state index contributed by atoms with van der Waals surface area (Å²) in [6, 6.07) is 8.48. The van der Waals surface area contributed by atoms with Crippen LogP contribution in [0.1, 0.15) is 30.1 Å². The highest BCUT2D eigenvalue weighted by atomic mass is 32.2. The molecule has 3 rings (SSSR count). The van der Waals surface area contributed by atoms with Gasteiger partial charge in [0.2, 0.25) is 0 Å². The van der Waals surface area contributed by atoms with Crippen molar-refractivity contribution >= 4 is 27.3 Å². The van der Waals surface area contributed by atoms with Gasteiger partial charge in [-0.3, -0.25) is 19.6 Å². The Kier molecular flexibility index (Phi) is 5.73. The molecule has 1 atom stereocenters. The Labute approximate surface area is 168 Å². The van der Waals surface area contributed by atoms with Crippen molar-refractivity contribution in [1.29, 1.82) is 0 Å². The molecular weight excluding hydrogens is 398 g/mol. The number of nitro benzene ring substituents is 1. The van der Waals surface area contributed by atoms with Gasteiger partial charge < -0.3 is 10.0 Å². The average molecular weight is 419 g/mol. The summed E-state index contributed by atoms with van der Waals surface area (Å²) in [5, 5.41) is 21.0. The lowest BCUT2D eigenvalue weighted by Crippen LogP contribution is -2.39. The Morgan fingerprint density at radius 2 is 2.03 bits per heavy atom. The molecule has 0 aromatic heterocycles. The van der Waals surface area contributed by atoms with Gasteiger partial charge in [0.05, 0.1) is 15.4 Å². The number of non-ortho nitro benzene ring substituents is 1. The van der Waals surface area contributed by atoms with Crippen molar-refractivity contribution in [3.8, 4) is 5.75 Å². The fraction of sp³-hybridized carbons (Fsp3) is 0.316. The zero-order chi connectivity index (χ0) is 21.2. The molecule has 0 saturated carbocycles. The zero-order valence-corrected chi connectivity index (χ0v) is 16.6. The number of aromatic hydroxyl groups is 1. The molecule has 10 heteroatoms. The summed E-state index contributed by atoms with van der Waals surface area (Å²) in [6.07, 6.45) is 1.89. The van der Waals surface area contributed by atoms with Crippen molar-refractivity contribution in [2.45, 2.75) is 24.7 Å². The predicted molar refractivity (Wildman–Crippen MR) is 106 cm³/mol. The summed E-state index contributed by atoms with van der Waals surface area (Å²) >= 11 is 0. The van der Waals surface area contributed by atoms with Crippen LogP contribution in [-0.2, 0) is 10.0 Å². The lowest BCUT2D eigenvalue weighted by atomic mass is 9.99. The molecular formula is C19H21N3O6S. The van der Waals surface area contributed by atoms with Gasteiger partial charge in [0.1, 0.15) is 5.75 Å². The average Bonchev–Trinajstić information content (AvgIpc) is 2.69. The Balaban J connectivity index is 1.86. The SMILES string of the molecule is C[C@H]1CCCN(C(=O)c2cc(NS(=O)(=O)c3cccc([N+](=O)[O-])c3)ccc2O)C1. The number of rotatable bonds is 5. The molecule has 9 nitrogen and oxygen atoms in total. The molecule has 0 aliphatic carbocycles. The number of sulfonamides is 1. The Bertz CT molecular complexity index is 1050. The molecule has 29 heavy (non-hydrogen) atoms. The van der Waals surface area contributed by atoms with Crippen LogP contribution in [0.2, 0.25) is 0 Å². The smallest absolute Gasteiger partial charge is 0.270 e. The van der Waals surface area contributed by atoms with Crippen LogP contribution in [0.15, 0.2) is 47.4 Å². The van der Waals surface area contributed by atoms with Crippen molar-refractivity contribution in [3.63, 3.8) is 0 Å². The number of amides is 1. The van der Waals surface area contributed by atoms with E-state index in [1.165, 1.54) is 36.4 Å². The van der Waals surface area contributed by atoms with Crippen molar-refractivity contribution in [2.24, 2.45) is 5.92 Å². The molecule has 1 heterocycles. The summed E-state index contributed by atoms with van der Waals surface area (Å²) in [4.78, 5) is 24.4. The number of phenolic OH excluding ortho intramolecular Hbond substituents is 1. The van der Waals surface area contributed by atoms with Gasteiger partial charge >= 0.3 is 0 Å². The summed E-state index contributed by atoms with van der Waals surface area (Å²) in [7, 11) is -4.12. The Morgan fingerprint density at radius 1 is 1.28 bits per heavy atom. The zero-order valence-electron chi connectivity index (χ0n) is 15.7. The highest BCUT2D eigenvalue weighted by Gasteiger charge is 2.25. The van der Waals surface area contributed by atoms with Gasteiger partial charge in [-0.25, -0.2) is 8.42 Å². The van der Waals surface area contributed by atoms with Gasteiger partial charge in [-0.05, 0) is 43.0 Å². The fourth-order valence-corrected chi connectivity index (χ4v) is 4.38.